The lowest BCUT2D eigenvalue weighted by molar-refractivity contribution is 0.321. The molecular formula is C7H12BN3O. The molecule has 1 fully saturated rings. The number of hydrogen-bond acceptors (Lipinski definition) is 4. The first-order valence-electron chi connectivity index (χ1n) is 4.37. The van der Waals surface area contributed by atoms with Gasteiger partial charge in [-0.2, -0.15) is 0 Å². The van der Waals surface area contributed by atoms with Crippen LogP contribution in [0.2, 0.25) is 0 Å². The molecule has 0 saturated carbocycles. The van der Waals surface area contributed by atoms with Crippen molar-refractivity contribution in [2.75, 3.05) is 13.1 Å². The highest BCUT2D eigenvalue weighted by Gasteiger charge is 2.20. The molecule has 2 rings (SSSR count). The summed E-state index contributed by atoms with van der Waals surface area (Å²) in [4.78, 5) is 4.23. The molecule has 0 amide bonds. The third-order valence-electron chi connectivity index (χ3n) is 2.23. The molecule has 0 aliphatic carbocycles. The van der Waals surface area contributed by atoms with E-state index in [2.05, 4.69) is 15.5 Å². The van der Waals surface area contributed by atoms with Crippen LogP contribution in [0.15, 0.2) is 4.52 Å². The average molecular weight is 165 g/mol. The van der Waals surface area contributed by atoms with E-state index in [1.165, 1.54) is 0 Å². The molecule has 5 heteroatoms. The molecule has 1 aromatic heterocycles. The van der Waals surface area contributed by atoms with Gasteiger partial charge in [-0.25, -0.2) is 4.98 Å². The molecule has 2 heterocycles. The van der Waals surface area contributed by atoms with E-state index in [-0.39, 0.29) is 0 Å². The topological polar surface area (TPSA) is 51.0 Å². The van der Waals surface area contributed by atoms with Crippen molar-refractivity contribution >= 4 is 13.6 Å². The first-order chi connectivity index (χ1) is 5.86. The maximum absolute atomic E-state index is 5.11. The van der Waals surface area contributed by atoms with Crippen molar-refractivity contribution in [2.45, 2.75) is 18.8 Å². The first-order valence-corrected chi connectivity index (χ1v) is 4.37. The minimum absolute atomic E-state index is 0.479. The highest BCUT2D eigenvalue weighted by molar-refractivity contribution is 6.28. The number of piperidine rings is 1. The van der Waals surface area contributed by atoms with Crippen LogP contribution in [0.5, 0.6) is 0 Å². The van der Waals surface area contributed by atoms with Crippen LogP contribution in [-0.4, -0.2) is 31.1 Å². The fourth-order valence-corrected chi connectivity index (χ4v) is 1.55. The van der Waals surface area contributed by atoms with Gasteiger partial charge in [0.25, 0.3) is 0 Å². The van der Waals surface area contributed by atoms with E-state index in [9.17, 15) is 0 Å². The fourth-order valence-electron chi connectivity index (χ4n) is 1.55. The van der Waals surface area contributed by atoms with E-state index in [1.807, 2.05) is 7.85 Å². The molecule has 0 atom stereocenters. The van der Waals surface area contributed by atoms with Crippen LogP contribution in [0.3, 0.4) is 0 Å². The van der Waals surface area contributed by atoms with Gasteiger partial charge in [0.05, 0.1) is 0 Å². The average Bonchev–Trinajstić information content (AvgIpc) is 2.54. The molecule has 1 aliphatic rings. The Balaban J connectivity index is 2.08. The summed E-state index contributed by atoms with van der Waals surface area (Å²) in [6.45, 7) is 2.12. The van der Waals surface area contributed by atoms with Crippen LogP contribution in [0.4, 0.5) is 0 Å². The van der Waals surface area contributed by atoms with Crippen LogP contribution in [0.1, 0.15) is 24.7 Å². The minimum Gasteiger partial charge on any atom is -0.340 e. The molecule has 0 unspecified atom stereocenters. The second-order valence-electron chi connectivity index (χ2n) is 3.20. The van der Waals surface area contributed by atoms with Crippen LogP contribution in [0, 0.1) is 0 Å². The van der Waals surface area contributed by atoms with Crippen molar-refractivity contribution in [2.24, 2.45) is 0 Å². The second-order valence-corrected chi connectivity index (χ2v) is 3.20. The lowest BCUT2D eigenvalue weighted by Gasteiger charge is -2.18. The maximum atomic E-state index is 5.11. The monoisotopic (exact) mass is 165 g/mol. The van der Waals surface area contributed by atoms with Gasteiger partial charge in [-0.15, -0.1) is 0 Å². The van der Waals surface area contributed by atoms with Gasteiger partial charge >= 0.3 is 0 Å². The fraction of sp³-hybridized carbons (Fsp3) is 0.714. The molecule has 0 radical (unpaired) electrons. The molecule has 0 spiro atoms. The number of aromatic nitrogens is 2. The zero-order valence-corrected chi connectivity index (χ0v) is 7.21. The van der Waals surface area contributed by atoms with Crippen molar-refractivity contribution < 1.29 is 4.52 Å². The van der Waals surface area contributed by atoms with Gasteiger partial charge in [0.2, 0.25) is 5.89 Å². The molecule has 1 N–H and O–H groups in total. The molecule has 1 saturated heterocycles. The standard InChI is InChI=1S/C7H12BN3O/c8-7-10-6(12-11-7)5-1-3-9-4-2-5/h5,9H,1-4,8H2. The van der Waals surface area contributed by atoms with E-state index in [0.717, 1.165) is 37.5 Å². The summed E-state index contributed by atoms with van der Waals surface area (Å²) < 4.78 is 5.11. The van der Waals surface area contributed by atoms with Gasteiger partial charge in [0, 0.05) is 5.92 Å². The molecule has 0 aromatic carbocycles. The number of nitrogens with one attached hydrogen (secondary N) is 1. The molecule has 64 valence electrons. The van der Waals surface area contributed by atoms with E-state index in [1.54, 1.807) is 0 Å². The Labute approximate surface area is 72.1 Å². The summed E-state index contributed by atoms with van der Waals surface area (Å²) in [6, 6.07) is 0. The SMILES string of the molecule is Bc1noc(C2CCNCC2)n1. The number of hydrogen-bond donors (Lipinski definition) is 1. The molecule has 4 nitrogen and oxygen atoms in total. The molecule has 12 heavy (non-hydrogen) atoms. The van der Waals surface area contributed by atoms with Gasteiger partial charge < -0.3 is 9.84 Å². The summed E-state index contributed by atoms with van der Waals surface area (Å²) in [5, 5.41) is 7.09. The summed E-state index contributed by atoms with van der Waals surface area (Å²) in [5.74, 6) is 1.29. The van der Waals surface area contributed by atoms with Gasteiger partial charge in [-0.3, -0.25) is 0 Å². The third-order valence-corrected chi connectivity index (χ3v) is 2.23. The van der Waals surface area contributed by atoms with Crippen LogP contribution in [-0.2, 0) is 0 Å². The Morgan fingerprint density at radius 1 is 1.42 bits per heavy atom. The predicted molar refractivity (Wildman–Crippen MR) is 47.3 cm³/mol. The summed E-state index contributed by atoms with van der Waals surface area (Å²) in [7, 11) is 1.86. The van der Waals surface area contributed by atoms with Gasteiger partial charge in [-0.1, -0.05) is 5.16 Å². The Kier molecular flexibility index (Phi) is 2.12. The van der Waals surface area contributed by atoms with Crippen molar-refractivity contribution in [1.29, 1.82) is 0 Å². The van der Waals surface area contributed by atoms with Gasteiger partial charge in [-0.05, 0) is 25.9 Å². The van der Waals surface area contributed by atoms with Crippen molar-refractivity contribution in [1.82, 2.24) is 15.5 Å². The maximum Gasteiger partial charge on any atom is 0.228 e. The number of rotatable bonds is 1. The van der Waals surface area contributed by atoms with E-state index in [0.29, 0.717) is 5.92 Å². The summed E-state index contributed by atoms with van der Waals surface area (Å²) in [6.07, 6.45) is 2.23. The largest absolute Gasteiger partial charge is 0.340 e. The number of nitrogens with zero attached hydrogens (tertiary/aromatic N) is 2. The van der Waals surface area contributed by atoms with E-state index in [4.69, 9.17) is 4.52 Å². The quantitative estimate of drug-likeness (QED) is 0.530. The van der Waals surface area contributed by atoms with Crippen LogP contribution < -0.4 is 11.0 Å². The van der Waals surface area contributed by atoms with Gasteiger partial charge in [0.15, 0.2) is 7.85 Å². The Hall–Kier alpha value is -0.835. The Bertz CT molecular complexity index is 257. The highest BCUT2D eigenvalue weighted by Crippen LogP contribution is 2.21. The Morgan fingerprint density at radius 3 is 2.75 bits per heavy atom. The smallest absolute Gasteiger partial charge is 0.228 e. The minimum atomic E-state index is 0.479. The molecule has 1 aliphatic heterocycles. The zero-order chi connectivity index (χ0) is 8.39. The zero-order valence-electron chi connectivity index (χ0n) is 7.21. The van der Waals surface area contributed by atoms with Crippen molar-refractivity contribution in [3.63, 3.8) is 0 Å². The van der Waals surface area contributed by atoms with Crippen LogP contribution >= 0.6 is 0 Å². The summed E-state index contributed by atoms with van der Waals surface area (Å²) in [5.41, 5.74) is 0.739. The molecule has 1 aromatic rings. The van der Waals surface area contributed by atoms with Gasteiger partial charge in [0.1, 0.15) is 5.72 Å². The predicted octanol–water partition coefficient (Wildman–Crippen LogP) is -1.20. The first kappa shape index (κ1) is 7.80. The third kappa shape index (κ3) is 1.50. The Morgan fingerprint density at radius 2 is 2.17 bits per heavy atom. The van der Waals surface area contributed by atoms with Crippen molar-refractivity contribution in [3.8, 4) is 0 Å². The lowest BCUT2D eigenvalue weighted by atomic mass is 9.98. The highest BCUT2D eigenvalue weighted by atomic mass is 16.5. The van der Waals surface area contributed by atoms with E-state index >= 15 is 0 Å². The molecule has 0 bridgehead atoms. The van der Waals surface area contributed by atoms with E-state index < -0.39 is 0 Å². The van der Waals surface area contributed by atoms with Crippen LogP contribution in [0.25, 0.3) is 0 Å². The van der Waals surface area contributed by atoms with Crippen molar-refractivity contribution in [3.05, 3.63) is 5.89 Å². The lowest BCUT2D eigenvalue weighted by Crippen LogP contribution is -2.27. The summed E-state index contributed by atoms with van der Waals surface area (Å²) >= 11 is 0. The second kappa shape index (κ2) is 3.27. The normalized spacial score (nSPS) is 19.7. The molecular weight excluding hydrogens is 153 g/mol.